The molecule has 2 N–H and O–H groups in total. The fraction of sp³-hybridized carbons (Fsp3) is 1.00. The van der Waals surface area contributed by atoms with Crippen LogP contribution in [0.4, 0.5) is 0 Å². The molecule has 0 spiro atoms. The second kappa shape index (κ2) is 7.41. The van der Waals surface area contributed by atoms with Crippen molar-refractivity contribution in [3.05, 3.63) is 0 Å². The van der Waals surface area contributed by atoms with Gasteiger partial charge in [-0.25, -0.2) is 0 Å². The monoisotopic (exact) mass is 223 g/mol. The Kier molecular flexibility index (Phi) is 7.47. The Morgan fingerprint density at radius 2 is 1.71 bits per heavy atom. The summed E-state index contributed by atoms with van der Waals surface area (Å²) in [6.45, 7) is 6.45. The van der Waals surface area contributed by atoms with Gasteiger partial charge >= 0.3 is 7.60 Å². The van der Waals surface area contributed by atoms with Crippen LogP contribution in [0.25, 0.3) is 0 Å². The molecule has 0 aliphatic rings. The van der Waals surface area contributed by atoms with Crippen molar-refractivity contribution >= 4 is 7.60 Å². The summed E-state index contributed by atoms with van der Waals surface area (Å²) in [6, 6.07) is -0.0936. The zero-order valence-corrected chi connectivity index (χ0v) is 10.3. The third-order valence-electron chi connectivity index (χ3n) is 1.77. The summed E-state index contributed by atoms with van der Waals surface area (Å²) in [5.74, 6) is 0. The van der Waals surface area contributed by atoms with Crippen LogP contribution in [0.5, 0.6) is 0 Å². The average molecular weight is 223 g/mol. The molecule has 1 atom stereocenters. The fourth-order valence-corrected chi connectivity index (χ4v) is 3.11. The SMILES string of the molecule is CCCC(N)CP(=O)(OCC)OCC. The van der Waals surface area contributed by atoms with Crippen molar-refractivity contribution in [3.8, 4) is 0 Å². The summed E-state index contributed by atoms with van der Waals surface area (Å²) in [5.41, 5.74) is 5.80. The molecule has 0 heterocycles. The molecule has 0 rings (SSSR count). The molecule has 0 aliphatic heterocycles. The van der Waals surface area contributed by atoms with Gasteiger partial charge in [0.1, 0.15) is 0 Å². The van der Waals surface area contributed by atoms with E-state index in [-0.39, 0.29) is 6.04 Å². The maximum absolute atomic E-state index is 12.0. The quantitative estimate of drug-likeness (QED) is 0.642. The summed E-state index contributed by atoms with van der Waals surface area (Å²) in [5, 5.41) is 0. The Hall–Kier alpha value is 0.110. The molecule has 0 aromatic carbocycles. The van der Waals surface area contributed by atoms with E-state index in [0.717, 1.165) is 12.8 Å². The second-order valence-corrected chi connectivity index (χ2v) is 5.28. The molecule has 0 saturated heterocycles. The smallest absolute Gasteiger partial charge is 0.327 e. The number of hydrogen-bond donors (Lipinski definition) is 1. The van der Waals surface area contributed by atoms with Gasteiger partial charge in [0.05, 0.1) is 19.4 Å². The molecule has 0 fully saturated rings. The lowest BCUT2D eigenvalue weighted by Gasteiger charge is -2.20. The Morgan fingerprint density at radius 1 is 1.21 bits per heavy atom. The van der Waals surface area contributed by atoms with Gasteiger partial charge in [0, 0.05) is 6.04 Å². The molecule has 0 aromatic rings. The summed E-state index contributed by atoms with van der Waals surface area (Å²) in [6.07, 6.45) is 2.16. The Balaban J connectivity index is 4.13. The largest absolute Gasteiger partial charge is 0.332 e. The number of rotatable bonds is 8. The van der Waals surface area contributed by atoms with Gasteiger partial charge in [0.2, 0.25) is 0 Å². The van der Waals surface area contributed by atoms with Crippen LogP contribution < -0.4 is 5.73 Å². The molecule has 0 amide bonds. The predicted octanol–water partition coefficient (Wildman–Crippen LogP) is 2.38. The van der Waals surface area contributed by atoms with Crippen LogP contribution in [-0.2, 0) is 13.6 Å². The minimum absolute atomic E-state index is 0.0936. The average Bonchev–Trinajstić information content (AvgIpc) is 2.04. The third kappa shape index (κ3) is 5.76. The van der Waals surface area contributed by atoms with Crippen LogP contribution in [0.2, 0.25) is 0 Å². The molecular weight excluding hydrogens is 201 g/mol. The van der Waals surface area contributed by atoms with Crippen LogP contribution in [-0.4, -0.2) is 25.4 Å². The first-order valence-electron chi connectivity index (χ1n) is 5.21. The highest BCUT2D eigenvalue weighted by Crippen LogP contribution is 2.48. The highest BCUT2D eigenvalue weighted by molar-refractivity contribution is 7.53. The topological polar surface area (TPSA) is 61.6 Å². The van der Waals surface area contributed by atoms with Crippen molar-refractivity contribution in [2.45, 2.75) is 39.7 Å². The summed E-state index contributed by atoms with van der Waals surface area (Å²) < 4.78 is 22.3. The molecule has 0 aromatic heterocycles. The molecule has 0 aliphatic carbocycles. The Bertz CT molecular complexity index is 177. The van der Waals surface area contributed by atoms with E-state index in [1.807, 2.05) is 6.92 Å². The van der Waals surface area contributed by atoms with E-state index in [4.69, 9.17) is 14.8 Å². The van der Waals surface area contributed by atoms with Crippen molar-refractivity contribution in [1.82, 2.24) is 0 Å². The van der Waals surface area contributed by atoms with E-state index in [1.165, 1.54) is 0 Å². The van der Waals surface area contributed by atoms with Crippen molar-refractivity contribution in [1.29, 1.82) is 0 Å². The third-order valence-corrected chi connectivity index (χ3v) is 3.99. The Morgan fingerprint density at radius 3 is 2.07 bits per heavy atom. The van der Waals surface area contributed by atoms with Crippen LogP contribution in [0.15, 0.2) is 0 Å². The first-order chi connectivity index (χ1) is 6.58. The Labute approximate surface area is 86.7 Å². The normalized spacial score (nSPS) is 14.3. The van der Waals surface area contributed by atoms with Crippen molar-refractivity contribution < 1.29 is 13.6 Å². The van der Waals surface area contributed by atoms with E-state index in [1.54, 1.807) is 13.8 Å². The van der Waals surface area contributed by atoms with E-state index < -0.39 is 7.60 Å². The highest BCUT2D eigenvalue weighted by Gasteiger charge is 2.26. The number of hydrogen-bond acceptors (Lipinski definition) is 4. The zero-order chi connectivity index (χ0) is 11.0. The van der Waals surface area contributed by atoms with Crippen LogP contribution in [0.1, 0.15) is 33.6 Å². The first-order valence-corrected chi connectivity index (χ1v) is 6.94. The molecule has 1 unspecified atom stereocenters. The molecule has 86 valence electrons. The first kappa shape index (κ1) is 14.1. The molecule has 0 saturated carbocycles. The molecule has 4 nitrogen and oxygen atoms in total. The lowest BCUT2D eigenvalue weighted by atomic mass is 10.2. The van der Waals surface area contributed by atoms with E-state index >= 15 is 0 Å². The van der Waals surface area contributed by atoms with Crippen LogP contribution in [0, 0.1) is 0 Å². The van der Waals surface area contributed by atoms with Crippen molar-refractivity contribution in [3.63, 3.8) is 0 Å². The van der Waals surface area contributed by atoms with Gasteiger partial charge in [0.15, 0.2) is 0 Å². The lowest BCUT2D eigenvalue weighted by molar-refractivity contribution is 0.218. The van der Waals surface area contributed by atoms with E-state index in [2.05, 4.69) is 0 Å². The van der Waals surface area contributed by atoms with Crippen LogP contribution in [0.3, 0.4) is 0 Å². The summed E-state index contributed by atoms with van der Waals surface area (Å²) in [4.78, 5) is 0. The minimum Gasteiger partial charge on any atom is -0.327 e. The van der Waals surface area contributed by atoms with E-state index in [9.17, 15) is 4.57 Å². The van der Waals surface area contributed by atoms with Crippen molar-refractivity contribution in [2.75, 3.05) is 19.4 Å². The summed E-state index contributed by atoms with van der Waals surface area (Å²) >= 11 is 0. The van der Waals surface area contributed by atoms with Gasteiger partial charge in [-0.1, -0.05) is 13.3 Å². The summed E-state index contributed by atoms with van der Waals surface area (Å²) in [7, 11) is -2.93. The van der Waals surface area contributed by atoms with Gasteiger partial charge in [0.25, 0.3) is 0 Å². The molecular formula is C9H22NO3P. The van der Waals surface area contributed by atoms with Gasteiger partial charge in [-0.3, -0.25) is 4.57 Å². The van der Waals surface area contributed by atoms with Crippen LogP contribution >= 0.6 is 7.60 Å². The molecule has 5 heteroatoms. The van der Waals surface area contributed by atoms with Crippen molar-refractivity contribution in [2.24, 2.45) is 5.73 Å². The van der Waals surface area contributed by atoms with Gasteiger partial charge in [-0.05, 0) is 20.3 Å². The highest BCUT2D eigenvalue weighted by atomic mass is 31.2. The number of nitrogens with two attached hydrogens (primary N) is 1. The van der Waals surface area contributed by atoms with Gasteiger partial charge in [-0.15, -0.1) is 0 Å². The molecule has 14 heavy (non-hydrogen) atoms. The predicted molar refractivity (Wildman–Crippen MR) is 58.6 cm³/mol. The maximum Gasteiger partial charge on any atom is 0.332 e. The lowest BCUT2D eigenvalue weighted by Crippen LogP contribution is -2.25. The molecule has 0 bridgehead atoms. The standard InChI is InChI=1S/C9H22NO3P/c1-4-7-9(10)8-14(11,12-5-2)13-6-3/h9H,4-8,10H2,1-3H3. The molecule has 0 radical (unpaired) electrons. The van der Waals surface area contributed by atoms with Gasteiger partial charge < -0.3 is 14.8 Å². The fourth-order valence-electron chi connectivity index (χ4n) is 1.29. The second-order valence-electron chi connectivity index (χ2n) is 3.18. The minimum atomic E-state index is -2.93. The maximum atomic E-state index is 12.0. The van der Waals surface area contributed by atoms with E-state index in [0.29, 0.717) is 19.4 Å². The zero-order valence-electron chi connectivity index (χ0n) is 9.36. The van der Waals surface area contributed by atoms with Gasteiger partial charge in [-0.2, -0.15) is 0 Å².